The minimum Gasteiger partial charge on any atom is -0.314 e. The summed E-state index contributed by atoms with van der Waals surface area (Å²) in [5.74, 6) is 0.962. The molecule has 1 atom stereocenters. The van der Waals surface area contributed by atoms with E-state index < -0.39 is 0 Å². The van der Waals surface area contributed by atoms with Crippen LogP contribution in [0.15, 0.2) is 0 Å². The quantitative estimate of drug-likeness (QED) is 0.675. The maximum absolute atomic E-state index is 3.74. The van der Waals surface area contributed by atoms with Gasteiger partial charge in [0.1, 0.15) is 0 Å². The number of hydrogen-bond acceptors (Lipinski definition) is 2. The van der Waals surface area contributed by atoms with Crippen LogP contribution in [0.1, 0.15) is 65.7 Å². The van der Waals surface area contributed by atoms with Crippen molar-refractivity contribution in [2.24, 2.45) is 5.92 Å². The Hall–Kier alpha value is -0.0800. The molecule has 18 heavy (non-hydrogen) atoms. The second-order valence-electron chi connectivity index (χ2n) is 5.98. The van der Waals surface area contributed by atoms with Crippen LogP contribution in [0.5, 0.6) is 0 Å². The molecular weight excluding hydrogens is 220 g/mol. The molecule has 0 bridgehead atoms. The van der Waals surface area contributed by atoms with Crippen LogP contribution in [-0.4, -0.2) is 37.1 Å². The maximum atomic E-state index is 3.74. The van der Waals surface area contributed by atoms with Crippen molar-refractivity contribution in [2.75, 3.05) is 26.2 Å². The van der Waals surface area contributed by atoms with Crippen molar-refractivity contribution in [3.05, 3.63) is 0 Å². The van der Waals surface area contributed by atoms with Gasteiger partial charge in [0.2, 0.25) is 0 Å². The van der Waals surface area contributed by atoms with Gasteiger partial charge >= 0.3 is 0 Å². The summed E-state index contributed by atoms with van der Waals surface area (Å²) >= 11 is 0. The van der Waals surface area contributed by atoms with E-state index in [1.165, 1.54) is 71.1 Å². The number of nitrogens with one attached hydrogen (secondary N) is 1. The van der Waals surface area contributed by atoms with Crippen molar-refractivity contribution < 1.29 is 0 Å². The average molecular weight is 254 g/mol. The molecule has 1 unspecified atom stereocenters. The molecular formula is C16H34N2. The number of nitrogens with zero attached hydrogens (tertiary/aromatic N) is 1. The predicted octanol–water partition coefficient (Wildman–Crippen LogP) is 3.67. The second-order valence-corrected chi connectivity index (χ2v) is 5.98. The molecule has 1 aliphatic carbocycles. The highest BCUT2D eigenvalue weighted by atomic mass is 15.1. The van der Waals surface area contributed by atoms with Gasteiger partial charge in [-0.2, -0.15) is 0 Å². The van der Waals surface area contributed by atoms with Crippen LogP contribution in [0.25, 0.3) is 0 Å². The molecule has 0 aliphatic heterocycles. The van der Waals surface area contributed by atoms with Crippen LogP contribution < -0.4 is 5.32 Å². The van der Waals surface area contributed by atoms with Gasteiger partial charge < -0.3 is 10.2 Å². The fraction of sp³-hybridized carbons (Fsp3) is 1.00. The Morgan fingerprint density at radius 1 is 1.11 bits per heavy atom. The van der Waals surface area contributed by atoms with Gasteiger partial charge in [0.25, 0.3) is 0 Å². The third-order valence-corrected chi connectivity index (χ3v) is 4.49. The topological polar surface area (TPSA) is 15.3 Å². The molecule has 1 N–H and O–H groups in total. The van der Waals surface area contributed by atoms with Gasteiger partial charge in [-0.3, -0.25) is 0 Å². The summed E-state index contributed by atoms with van der Waals surface area (Å²) in [5.41, 5.74) is 0. The van der Waals surface area contributed by atoms with E-state index in [0.29, 0.717) is 6.04 Å². The van der Waals surface area contributed by atoms with Crippen LogP contribution in [0, 0.1) is 5.92 Å². The Bertz CT molecular complexity index is 184. The summed E-state index contributed by atoms with van der Waals surface area (Å²) in [6.45, 7) is 11.8. The summed E-state index contributed by atoms with van der Waals surface area (Å²) in [7, 11) is 0. The van der Waals surface area contributed by atoms with Crippen molar-refractivity contribution in [3.63, 3.8) is 0 Å². The van der Waals surface area contributed by atoms with Gasteiger partial charge in [-0.25, -0.2) is 0 Å². The molecule has 108 valence electrons. The fourth-order valence-corrected chi connectivity index (χ4v) is 3.02. The highest BCUT2D eigenvalue weighted by Gasteiger charge is 2.13. The molecule has 1 aliphatic rings. The zero-order valence-corrected chi connectivity index (χ0v) is 12.9. The van der Waals surface area contributed by atoms with Crippen LogP contribution in [0.4, 0.5) is 0 Å². The first kappa shape index (κ1) is 16.0. The molecule has 2 nitrogen and oxygen atoms in total. The molecule has 0 heterocycles. The first-order valence-corrected chi connectivity index (χ1v) is 8.22. The first-order chi connectivity index (χ1) is 8.76. The molecule has 0 spiro atoms. The van der Waals surface area contributed by atoms with Crippen LogP contribution >= 0.6 is 0 Å². The maximum Gasteiger partial charge on any atom is 0.00393 e. The minimum atomic E-state index is 0.697. The summed E-state index contributed by atoms with van der Waals surface area (Å²) in [5, 5.41) is 3.74. The lowest BCUT2D eigenvalue weighted by molar-refractivity contribution is 0.284. The van der Waals surface area contributed by atoms with Crippen LogP contribution in [-0.2, 0) is 0 Å². The third kappa shape index (κ3) is 6.75. The predicted molar refractivity (Wildman–Crippen MR) is 81.1 cm³/mol. The van der Waals surface area contributed by atoms with Crippen molar-refractivity contribution >= 4 is 0 Å². The summed E-state index contributed by atoms with van der Waals surface area (Å²) in [6, 6.07) is 0.697. The first-order valence-electron chi connectivity index (χ1n) is 8.22. The zero-order valence-electron chi connectivity index (χ0n) is 12.9. The summed E-state index contributed by atoms with van der Waals surface area (Å²) in [4.78, 5) is 2.52. The molecule has 1 saturated carbocycles. The fourth-order valence-electron chi connectivity index (χ4n) is 3.02. The Balaban J connectivity index is 2.00. The van der Waals surface area contributed by atoms with E-state index in [9.17, 15) is 0 Å². The molecule has 1 fully saturated rings. The summed E-state index contributed by atoms with van der Waals surface area (Å²) < 4.78 is 0. The van der Waals surface area contributed by atoms with E-state index in [1.807, 2.05) is 0 Å². The Kier molecular flexibility index (Phi) is 8.70. The van der Waals surface area contributed by atoms with Crippen molar-refractivity contribution in [2.45, 2.75) is 71.8 Å². The van der Waals surface area contributed by atoms with E-state index in [4.69, 9.17) is 0 Å². The normalized spacial score (nSPS) is 19.3. The van der Waals surface area contributed by atoms with Gasteiger partial charge in [0, 0.05) is 6.04 Å². The standard InChI is InChI=1S/C16H34N2/c1-4-18(5-2)13-9-10-15(3)17-14-16-11-7-6-8-12-16/h15-17H,4-14H2,1-3H3. The molecule has 0 saturated heterocycles. The van der Waals surface area contributed by atoms with Crippen molar-refractivity contribution in [1.29, 1.82) is 0 Å². The van der Waals surface area contributed by atoms with Gasteiger partial charge in [-0.05, 0) is 64.7 Å². The van der Waals surface area contributed by atoms with Crippen molar-refractivity contribution in [3.8, 4) is 0 Å². The number of hydrogen-bond donors (Lipinski definition) is 1. The molecule has 0 aromatic carbocycles. The Labute approximate surface area is 115 Å². The lowest BCUT2D eigenvalue weighted by Gasteiger charge is -2.24. The average Bonchev–Trinajstić information content (AvgIpc) is 2.42. The summed E-state index contributed by atoms with van der Waals surface area (Å²) in [6.07, 6.45) is 9.96. The van der Waals surface area contributed by atoms with E-state index in [-0.39, 0.29) is 0 Å². The van der Waals surface area contributed by atoms with Crippen LogP contribution in [0.2, 0.25) is 0 Å². The zero-order chi connectivity index (χ0) is 13.2. The molecule has 0 aromatic rings. The lowest BCUT2D eigenvalue weighted by Crippen LogP contribution is -2.33. The SMILES string of the molecule is CCN(CC)CCCC(C)NCC1CCCCC1. The minimum absolute atomic E-state index is 0.697. The molecule has 1 rings (SSSR count). The smallest absolute Gasteiger partial charge is 0.00393 e. The van der Waals surface area contributed by atoms with E-state index in [2.05, 4.69) is 31.0 Å². The molecule has 0 aromatic heterocycles. The second kappa shape index (κ2) is 9.80. The largest absolute Gasteiger partial charge is 0.314 e. The highest BCUT2D eigenvalue weighted by molar-refractivity contribution is 4.71. The van der Waals surface area contributed by atoms with Gasteiger partial charge in [-0.1, -0.05) is 33.1 Å². The lowest BCUT2D eigenvalue weighted by atomic mass is 9.89. The van der Waals surface area contributed by atoms with E-state index in [1.54, 1.807) is 0 Å². The van der Waals surface area contributed by atoms with Crippen LogP contribution in [0.3, 0.4) is 0 Å². The van der Waals surface area contributed by atoms with E-state index >= 15 is 0 Å². The van der Waals surface area contributed by atoms with Gasteiger partial charge in [0.15, 0.2) is 0 Å². The highest BCUT2D eigenvalue weighted by Crippen LogP contribution is 2.22. The third-order valence-electron chi connectivity index (χ3n) is 4.49. The molecule has 0 radical (unpaired) electrons. The Morgan fingerprint density at radius 2 is 1.78 bits per heavy atom. The van der Waals surface area contributed by atoms with Crippen molar-refractivity contribution in [1.82, 2.24) is 10.2 Å². The molecule has 2 heteroatoms. The van der Waals surface area contributed by atoms with E-state index in [0.717, 1.165) is 5.92 Å². The number of rotatable bonds is 9. The Morgan fingerprint density at radius 3 is 2.39 bits per heavy atom. The van der Waals surface area contributed by atoms with Gasteiger partial charge in [0.05, 0.1) is 0 Å². The van der Waals surface area contributed by atoms with Gasteiger partial charge in [-0.15, -0.1) is 0 Å². The monoisotopic (exact) mass is 254 g/mol. The molecule has 0 amide bonds.